The molecule has 2 aromatic heterocycles. The summed E-state index contributed by atoms with van der Waals surface area (Å²) in [7, 11) is 0. The summed E-state index contributed by atoms with van der Waals surface area (Å²) < 4.78 is 21.4. The highest BCUT2D eigenvalue weighted by atomic mass is 32.1. The molecule has 1 aromatic carbocycles. The molecule has 7 heteroatoms. The highest BCUT2D eigenvalue weighted by Gasteiger charge is 2.16. The van der Waals surface area contributed by atoms with Gasteiger partial charge in [-0.15, -0.1) is 11.3 Å². The zero-order valence-electron chi connectivity index (χ0n) is 12.6. The summed E-state index contributed by atoms with van der Waals surface area (Å²) in [6, 6.07) is 10.6. The fourth-order valence-electron chi connectivity index (χ4n) is 2.31. The Labute approximate surface area is 141 Å². The van der Waals surface area contributed by atoms with Crippen LogP contribution in [0.3, 0.4) is 0 Å². The van der Waals surface area contributed by atoms with Crippen molar-refractivity contribution in [1.29, 1.82) is 0 Å². The summed E-state index contributed by atoms with van der Waals surface area (Å²) in [6.45, 7) is 1.02. The predicted molar refractivity (Wildman–Crippen MR) is 86.4 cm³/mol. The SMILES string of the molecule is O=C(OCc1cc(-c2cccs2)on1)c1ccc2c(c1)OCCO2. The highest BCUT2D eigenvalue weighted by Crippen LogP contribution is 2.31. The van der Waals surface area contributed by atoms with Gasteiger partial charge >= 0.3 is 5.97 Å². The van der Waals surface area contributed by atoms with E-state index in [1.807, 2.05) is 17.5 Å². The summed E-state index contributed by atoms with van der Waals surface area (Å²) in [5, 5.41) is 5.88. The Bertz CT molecular complexity index is 856. The highest BCUT2D eigenvalue weighted by molar-refractivity contribution is 7.13. The Kier molecular flexibility index (Phi) is 3.92. The van der Waals surface area contributed by atoms with Gasteiger partial charge in [0.05, 0.1) is 10.4 Å². The lowest BCUT2D eigenvalue weighted by molar-refractivity contribution is 0.0463. The molecule has 0 saturated carbocycles. The van der Waals surface area contributed by atoms with E-state index in [1.165, 1.54) is 0 Å². The van der Waals surface area contributed by atoms with Gasteiger partial charge in [0.15, 0.2) is 17.3 Å². The average molecular weight is 343 g/mol. The fourth-order valence-corrected chi connectivity index (χ4v) is 2.98. The molecule has 122 valence electrons. The maximum Gasteiger partial charge on any atom is 0.338 e. The maximum atomic E-state index is 12.2. The Hall–Kier alpha value is -2.80. The molecule has 3 aromatic rings. The van der Waals surface area contributed by atoms with Crippen LogP contribution in [-0.4, -0.2) is 24.3 Å². The quantitative estimate of drug-likeness (QED) is 0.675. The summed E-state index contributed by atoms with van der Waals surface area (Å²) in [6.07, 6.45) is 0. The second-order valence-corrected chi connectivity index (χ2v) is 6.04. The molecule has 0 atom stereocenters. The summed E-state index contributed by atoms with van der Waals surface area (Å²) in [5.74, 6) is 1.40. The zero-order valence-corrected chi connectivity index (χ0v) is 13.4. The van der Waals surface area contributed by atoms with Gasteiger partial charge in [-0.3, -0.25) is 0 Å². The Morgan fingerprint density at radius 1 is 1.17 bits per heavy atom. The molecule has 0 N–H and O–H groups in total. The van der Waals surface area contributed by atoms with E-state index in [9.17, 15) is 4.79 Å². The van der Waals surface area contributed by atoms with Gasteiger partial charge in [0.2, 0.25) is 0 Å². The van der Waals surface area contributed by atoms with Gasteiger partial charge in [-0.25, -0.2) is 4.79 Å². The number of fused-ring (bicyclic) bond motifs is 1. The number of thiophene rings is 1. The van der Waals surface area contributed by atoms with Gasteiger partial charge in [-0.05, 0) is 29.6 Å². The van der Waals surface area contributed by atoms with Crippen LogP contribution in [0.25, 0.3) is 10.6 Å². The van der Waals surface area contributed by atoms with Gasteiger partial charge in [0.1, 0.15) is 25.5 Å². The third-order valence-electron chi connectivity index (χ3n) is 3.45. The van der Waals surface area contributed by atoms with Crippen molar-refractivity contribution < 1.29 is 23.5 Å². The lowest BCUT2D eigenvalue weighted by atomic mass is 10.2. The van der Waals surface area contributed by atoms with E-state index in [-0.39, 0.29) is 6.61 Å². The molecule has 0 aliphatic carbocycles. The van der Waals surface area contributed by atoms with E-state index in [0.717, 1.165) is 4.88 Å². The molecule has 0 bridgehead atoms. The molecule has 24 heavy (non-hydrogen) atoms. The first-order valence-electron chi connectivity index (χ1n) is 7.36. The summed E-state index contributed by atoms with van der Waals surface area (Å²) >= 11 is 1.56. The van der Waals surface area contributed by atoms with Crippen molar-refractivity contribution in [2.45, 2.75) is 6.61 Å². The third-order valence-corrected chi connectivity index (χ3v) is 4.34. The minimum atomic E-state index is -0.451. The topological polar surface area (TPSA) is 70.8 Å². The van der Waals surface area contributed by atoms with Crippen LogP contribution < -0.4 is 9.47 Å². The van der Waals surface area contributed by atoms with E-state index in [4.69, 9.17) is 18.7 Å². The maximum absolute atomic E-state index is 12.2. The number of carbonyl (C=O) groups excluding carboxylic acids is 1. The monoisotopic (exact) mass is 343 g/mol. The Morgan fingerprint density at radius 3 is 2.88 bits per heavy atom. The minimum absolute atomic E-state index is 0.0438. The first kappa shape index (κ1) is 14.8. The molecule has 6 nitrogen and oxygen atoms in total. The largest absolute Gasteiger partial charge is 0.486 e. The molecule has 3 heterocycles. The minimum Gasteiger partial charge on any atom is -0.486 e. The predicted octanol–water partition coefficient (Wildman–Crippen LogP) is 3.53. The van der Waals surface area contributed by atoms with Crippen LogP contribution >= 0.6 is 11.3 Å². The number of ether oxygens (including phenoxy) is 3. The number of rotatable bonds is 4. The van der Waals surface area contributed by atoms with E-state index in [2.05, 4.69) is 5.16 Å². The molecular weight excluding hydrogens is 330 g/mol. The molecule has 0 saturated heterocycles. The van der Waals surface area contributed by atoms with Gasteiger partial charge in [0.25, 0.3) is 0 Å². The van der Waals surface area contributed by atoms with E-state index in [0.29, 0.717) is 41.7 Å². The van der Waals surface area contributed by atoms with Gasteiger partial charge < -0.3 is 18.7 Å². The van der Waals surface area contributed by atoms with Crippen LogP contribution in [0.15, 0.2) is 46.3 Å². The van der Waals surface area contributed by atoms with Gasteiger partial charge in [-0.2, -0.15) is 0 Å². The normalized spacial score (nSPS) is 12.8. The molecule has 1 aliphatic heterocycles. The molecule has 0 amide bonds. The van der Waals surface area contributed by atoms with Crippen molar-refractivity contribution in [3.63, 3.8) is 0 Å². The molecule has 0 unspecified atom stereocenters. The van der Waals surface area contributed by atoms with Gasteiger partial charge in [-0.1, -0.05) is 11.2 Å². The lowest BCUT2D eigenvalue weighted by Gasteiger charge is -2.18. The van der Waals surface area contributed by atoms with Gasteiger partial charge in [0, 0.05) is 6.07 Å². The summed E-state index contributed by atoms with van der Waals surface area (Å²) in [5.41, 5.74) is 0.963. The number of hydrogen-bond donors (Lipinski definition) is 0. The van der Waals surface area contributed by atoms with Crippen molar-refractivity contribution >= 4 is 17.3 Å². The zero-order chi connectivity index (χ0) is 16.4. The van der Waals surface area contributed by atoms with Crippen molar-refractivity contribution in [3.8, 4) is 22.1 Å². The molecule has 4 rings (SSSR count). The van der Waals surface area contributed by atoms with Crippen LogP contribution in [0.2, 0.25) is 0 Å². The van der Waals surface area contributed by atoms with E-state index in [1.54, 1.807) is 35.6 Å². The molecule has 0 fully saturated rings. The van der Waals surface area contributed by atoms with Crippen LogP contribution in [0.5, 0.6) is 11.5 Å². The first-order chi connectivity index (χ1) is 11.8. The van der Waals surface area contributed by atoms with E-state index >= 15 is 0 Å². The lowest BCUT2D eigenvalue weighted by Crippen LogP contribution is -2.16. The number of aromatic nitrogens is 1. The number of esters is 1. The van der Waals surface area contributed by atoms with E-state index < -0.39 is 5.97 Å². The van der Waals surface area contributed by atoms with Crippen LogP contribution in [0.1, 0.15) is 16.1 Å². The average Bonchev–Trinajstić information content (AvgIpc) is 3.30. The van der Waals surface area contributed by atoms with Crippen LogP contribution in [0, 0.1) is 0 Å². The fraction of sp³-hybridized carbons (Fsp3) is 0.176. The molecule has 0 radical (unpaired) electrons. The van der Waals surface area contributed by atoms with Crippen molar-refractivity contribution in [3.05, 3.63) is 53.0 Å². The number of nitrogens with zero attached hydrogens (tertiary/aromatic N) is 1. The summed E-state index contributed by atoms with van der Waals surface area (Å²) in [4.78, 5) is 13.1. The van der Waals surface area contributed by atoms with Crippen molar-refractivity contribution in [2.75, 3.05) is 13.2 Å². The first-order valence-corrected chi connectivity index (χ1v) is 8.24. The molecule has 0 spiro atoms. The standard InChI is InChI=1S/C17H13NO5S/c19-17(11-3-4-13-14(8-11)21-6-5-20-13)22-10-12-9-15(23-18-12)16-2-1-7-24-16/h1-4,7-9H,5-6,10H2. The number of hydrogen-bond acceptors (Lipinski definition) is 7. The molecular formula is C17H13NO5S. The number of carbonyl (C=O) groups is 1. The number of benzene rings is 1. The second-order valence-electron chi connectivity index (χ2n) is 5.09. The van der Waals surface area contributed by atoms with Crippen molar-refractivity contribution in [1.82, 2.24) is 5.16 Å². The van der Waals surface area contributed by atoms with Crippen molar-refractivity contribution in [2.24, 2.45) is 0 Å². The molecule has 1 aliphatic rings. The Morgan fingerprint density at radius 2 is 2.04 bits per heavy atom. The Balaban J connectivity index is 1.41. The van der Waals surface area contributed by atoms with Crippen LogP contribution in [0.4, 0.5) is 0 Å². The second kappa shape index (κ2) is 6.37. The van der Waals surface area contributed by atoms with Crippen LogP contribution in [-0.2, 0) is 11.3 Å². The third kappa shape index (κ3) is 2.98. The smallest absolute Gasteiger partial charge is 0.338 e.